The summed E-state index contributed by atoms with van der Waals surface area (Å²) in [7, 11) is 0. The Hall–Kier alpha value is -3.38. The van der Waals surface area contributed by atoms with E-state index < -0.39 is 0 Å². The Labute approximate surface area is 149 Å². The van der Waals surface area contributed by atoms with Gasteiger partial charge in [-0.1, -0.05) is 66.7 Å². The van der Waals surface area contributed by atoms with E-state index in [4.69, 9.17) is 0 Å². The van der Waals surface area contributed by atoms with Crippen LogP contribution in [0.1, 0.15) is 0 Å². The summed E-state index contributed by atoms with van der Waals surface area (Å²) < 4.78 is 0. The number of benzene rings is 7. The summed E-state index contributed by atoms with van der Waals surface area (Å²) >= 11 is 0. The van der Waals surface area contributed by atoms with Crippen molar-refractivity contribution in [3.8, 4) is 0 Å². The molecule has 0 atom stereocenters. The normalized spacial score (nSPS) is 12.6. The van der Waals surface area contributed by atoms with Gasteiger partial charge in [0.1, 0.15) is 0 Å². The summed E-state index contributed by atoms with van der Waals surface area (Å²) in [6.45, 7) is 0. The van der Waals surface area contributed by atoms with Gasteiger partial charge in [-0.3, -0.25) is 0 Å². The second-order valence-electron chi connectivity index (χ2n) is 7.40. The van der Waals surface area contributed by atoms with E-state index in [-0.39, 0.29) is 0 Å². The van der Waals surface area contributed by atoms with E-state index in [0.29, 0.717) is 0 Å². The molecule has 26 heavy (non-hydrogen) atoms. The van der Waals surface area contributed by atoms with Crippen LogP contribution in [0.4, 0.5) is 0 Å². The molecule has 7 rings (SSSR count). The Kier molecular flexibility index (Phi) is 2.10. The molecule has 0 aromatic heterocycles. The second-order valence-corrected chi connectivity index (χ2v) is 7.40. The van der Waals surface area contributed by atoms with Crippen LogP contribution in [0.2, 0.25) is 0 Å². The maximum atomic E-state index is 2.38. The lowest BCUT2D eigenvalue weighted by Gasteiger charge is -2.18. The van der Waals surface area contributed by atoms with E-state index in [0.717, 1.165) is 0 Å². The molecule has 0 N–H and O–H groups in total. The predicted octanol–water partition coefficient (Wildman–Crippen LogP) is 7.48. The Morgan fingerprint density at radius 2 is 0.923 bits per heavy atom. The third-order valence-electron chi connectivity index (χ3n) is 6.07. The van der Waals surface area contributed by atoms with E-state index in [1.807, 2.05) is 0 Å². The molecule has 0 fully saturated rings. The van der Waals surface area contributed by atoms with Crippen molar-refractivity contribution in [3.63, 3.8) is 0 Å². The van der Waals surface area contributed by atoms with Gasteiger partial charge >= 0.3 is 0 Å². The molecule has 0 aliphatic carbocycles. The fourth-order valence-electron chi connectivity index (χ4n) is 5.02. The van der Waals surface area contributed by atoms with E-state index in [1.165, 1.54) is 64.6 Å². The summed E-state index contributed by atoms with van der Waals surface area (Å²) in [5.74, 6) is 0. The van der Waals surface area contributed by atoms with E-state index in [2.05, 4.69) is 84.9 Å². The van der Waals surface area contributed by atoms with Crippen LogP contribution in [0.15, 0.2) is 84.9 Å². The topological polar surface area (TPSA) is 0 Å². The maximum absolute atomic E-state index is 2.38. The fourth-order valence-corrected chi connectivity index (χ4v) is 5.02. The molecule has 7 aromatic carbocycles. The average Bonchev–Trinajstić information content (AvgIpc) is 2.69. The lowest BCUT2D eigenvalue weighted by atomic mass is 9.85. The molecule has 0 saturated carbocycles. The van der Waals surface area contributed by atoms with Gasteiger partial charge in [0, 0.05) is 0 Å². The highest BCUT2D eigenvalue weighted by atomic mass is 14.2. The third-order valence-corrected chi connectivity index (χ3v) is 6.07. The first kappa shape index (κ1) is 12.9. The van der Waals surface area contributed by atoms with Crippen molar-refractivity contribution in [2.24, 2.45) is 0 Å². The predicted molar refractivity (Wildman–Crippen MR) is 114 cm³/mol. The van der Waals surface area contributed by atoms with E-state index in [1.54, 1.807) is 0 Å². The van der Waals surface area contributed by atoms with Gasteiger partial charge in [0.2, 0.25) is 0 Å². The molecule has 0 saturated heterocycles. The molecule has 0 heterocycles. The van der Waals surface area contributed by atoms with Gasteiger partial charge in [0.25, 0.3) is 0 Å². The van der Waals surface area contributed by atoms with Gasteiger partial charge in [-0.15, -0.1) is 0 Å². The molecule has 0 spiro atoms. The van der Waals surface area contributed by atoms with Gasteiger partial charge in [-0.05, 0) is 82.8 Å². The Morgan fingerprint density at radius 1 is 0.308 bits per heavy atom. The number of hydrogen-bond donors (Lipinski definition) is 0. The van der Waals surface area contributed by atoms with Gasteiger partial charge in [-0.25, -0.2) is 0 Å². The van der Waals surface area contributed by atoms with Crippen LogP contribution >= 0.6 is 0 Å². The summed E-state index contributed by atoms with van der Waals surface area (Å²) in [6.07, 6.45) is 0. The van der Waals surface area contributed by atoms with Crippen molar-refractivity contribution in [1.29, 1.82) is 0 Å². The van der Waals surface area contributed by atoms with Crippen molar-refractivity contribution in [2.45, 2.75) is 0 Å². The van der Waals surface area contributed by atoms with Crippen molar-refractivity contribution in [2.75, 3.05) is 0 Å². The number of fused-ring (bicyclic) bond motifs is 2. The number of hydrogen-bond acceptors (Lipinski definition) is 0. The highest BCUT2D eigenvalue weighted by Crippen LogP contribution is 2.44. The zero-order chi connectivity index (χ0) is 16.8. The van der Waals surface area contributed by atoms with Crippen LogP contribution < -0.4 is 0 Å². The third kappa shape index (κ3) is 1.39. The summed E-state index contributed by atoms with van der Waals surface area (Å²) in [5, 5.41) is 16.4. The maximum Gasteiger partial charge on any atom is -0.00139 e. The van der Waals surface area contributed by atoms with Crippen LogP contribution in [0.5, 0.6) is 0 Å². The average molecular weight is 326 g/mol. The molecule has 0 amide bonds. The number of rotatable bonds is 0. The smallest absolute Gasteiger partial charge is 0.00139 e. The summed E-state index contributed by atoms with van der Waals surface area (Å²) in [5.41, 5.74) is 0. The molecular weight excluding hydrogens is 312 g/mol. The molecule has 0 heteroatoms. The van der Waals surface area contributed by atoms with Gasteiger partial charge < -0.3 is 0 Å². The summed E-state index contributed by atoms with van der Waals surface area (Å²) in [6, 6.07) is 31.6. The van der Waals surface area contributed by atoms with Crippen molar-refractivity contribution in [1.82, 2.24) is 0 Å². The van der Waals surface area contributed by atoms with Crippen LogP contribution in [0.3, 0.4) is 0 Å². The molecule has 0 aliphatic rings. The highest BCUT2D eigenvalue weighted by Gasteiger charge is 2.16. The minimum Gasteiger partial charge on any atom is -0.0616 e. The minimum atomic E-state index is 1.32. The lowest BCUT2D eigenvalue weighted by Crippen LogP contribution is -1.89. The standard InChI is InChI=1S/C26H14/c1-2-7-21-16(4-1)12-20-14-18-9-8-15-5-3-6-17-13-19-10-11-22(21)24(20)26(19)25(18)23(15)17/h1-14H. The zero-order valence-electron chi connectivity index (χ0n) is 14.1. The largest absolute Gasteiger partial charge is 0.0616 e. The minimum absolute atomic E-state index is 1.32. The fraction of sp³-hybridized carbons (Fsp3) is 0. The van der Waals surface area contributed by atoms with Crippen LogP contribution in [0.25, 0.3) is 64.6 Å². The second kappa shape index (κ2) is 4.23. The molecule has 7 aromatic rings. The molecule has 0 aliphatic heterocycles. The first-order valence-electron chi connectivity index (χ1n) is 9.12. The summed E-state index contributed by atoms with van der Waals surface area (Å²) in [4.78, 5) is 0. The van der Waals surface area contributed by atoms with Crippen LogP contribution in [-0.2, 0) is 0 Å². The van der Waals surface area contributed by atoms with E-state index in [9.17, 15) is 0 Å². The zero-order valence-corrected chi connectivity index (χ0v) is 14.1. The Morgan fingerprint density at radius 3 is 1.88 bits per heavy atom. The molecule has 0 bridgehead atoms. The van der Waals surface area contributed by atoms with Crippen molar-refractivity contribution >= 4 is 64.6 Å². The lowest BCUT2D eigenvalue weighted by molar-refractivity contribution is 1.79. The SMILES string of the molecule is c1ccc2c(c1)cc1cc3ccc4cccc5cc6ccc2c1c6c3c45. The van der Waals surface area contributed by atoms with Crippen molar-refractivity contribution < 1.29 is 0 Å². The highest BCUT2D eigenvalue weighted by molar-refractivity contribution is 6.38. The first-order chi connectivity index (χ1) is 12.9. The molecule has 0 nitrogen and oxygen atoms in total. The molecule has 0 radical (unpaired) electrons. The Bertz CT molecular complexity index is 1620. The monoisotopic (exact) mass is 326 g/mol. The first-order valence-corrected chi connectivity index (χ1v) is 9.12. The Balaban J connectivity index is 1.93. The van der Waals surface area contributed by atoms with Gasteiger partial charge in [-0.2, -0.15) is 0 Å². The quantitative estimate of drug-likeness (QED) is 0.200. The molecule has 0 unspecified atom stereocenters. The van der Waals surface area contributed by atoms with Gasteiger partial charge in [0.15, 0.2) is 0 Å². The molecule has 118 valence electrons. The van der Waals surface area contributed by atoms with Crippen LogP contribution in [0, 0.1) is 0 Å². The van der Waals surface area contributed by atoms with E-state index >= 15 is 0 Å². The van der Waals surface area contributed by atoms with Gasteiger partial charge in [0.05, 0.1) is 0 Å². The van der Waals surface area contributed by atoms with Crippen molar-refractivity contribution in [3.05, 3.63) is 84.9 Å². The molecular formula is C26H14. The van der Waals surface area contributed by atoms with Crippen LogP contribution in [-0.4, -0.2) is 0 Å².